The molecule has 14 N–H and O–H groups in total. The standard InChI is InChI=1S/C15H12F6N2O4.C12H12N2O2/c16-14(17,18)13(15(19,20)21,5-1-7(24)11(22)8(25)2-5)6-3-9(26)12(23)10(27)4-6;13-9-3-1-7(5-11(9)15)8-2-4-10(14)12(16)6-8/h1-4,24-27H,22-23H2;1-6,15-16H,13-14H2. The van der Waals surface area contributed by atoms with Crippen molar-refractivity contribution in [3.05, 3.63) is 71.8 Å². The molecule has 0 fully saturated rings. The van der Waals surface area contributed by atoms with Gasteiger partial charge in [-0.25, -0.2) is 0 Å². The van der Waals surface area contributed by atoms with Crippen molar-refractivity contribution in [1.82, 2.24) is 0 Å². The molecule has 16 heteroatoms. The van der Waals surface area contributed by atoms with Crippen LogP contribution in [0.15, 0.2) is 60.7 Å². The Kier molecular flexibility index (Phi) is 8.21. The second-order valence-electron chi connectivity index (χ2n) is 9.15. The molecule has 230 valence electrons. The normalized spacial score (nSPS) is 12.0. The Morgan fingerprint density at radius 2 is 0.698 bits per heavy atom. The molecule has 0 aliphatic rings. The molecule has 0 spiro atoms. The maximum Gasteiger partial charge on any atom is 0.411 e. The van der Waals surface area contributed by atoms with Gasteiger partial charge in [0, 0.05) is 0 Å². The molecule has 0 radical (unpaired) electrons. The fourth-order valence-corrected chi connectivity index (χ4v) is 4.11. The molecule has 0 atom stereocenters. The van der Waals surface area contributed by atoms with Crippen molar-refractivity contribution >= 4 is 22.7 Å². The van der Waals surface area contributed by atoms with Gasteiger partial charge >= 0.3 is 12.4 Å². The summed E-state index contributed by atoms with van der Waals surface area (Å²) in [7, 11) is 0. The van der Waals surface area contributed by atoms with Gasteiger partial charge in [-0.3, -0.25) is 0 Å². The number of halogens is 6. The summed E-state index contributed by atoms with van der Waals surface area (Å²) in [4.78, 5) is 0. The molecule has 0 saturated carbocycles. The van der Waals surface area contributed by atoms with Crippen LogP contribution in [0.1, 0.15) is 11.1 Å². The van der Waals surface area contributed by atoms with Gasteiger partial charge < -0.3 is 53.6 Å². The number of rotatable bonds is 3. The van der Waals surface area contributed by atoms with Gasteiger partial charge in [-0.05, 0) is 70.8 Å². The highest BCUT2D eigenvalue weighted by molar-refractivity contribution is 5.73. The fourth-order valence-electron chi connectivity index (χ4n) is 4.11. The zero-order valence-electron chi connectivity index (χ0n) is 21.5. The number of aromatic hydroxyl groups is 6. The summed E-state index contributed by atoms with van der Waals surface area (Å²) in [5.74, 6) is -4.88. The molecule has 4 aromatic carbocycles. The number of alkyl halides is 6. The van der Waals surface area contributed by atoms with E-state index in [0.29, 0.717) is 11.4 Å². The minimum Gasteiger partial charge on any atom is -0.506 e. The highest BCUT2D eigenvalue weighted by Gasteiger charge is 2.73. The summed E-state index contributed by atoms with van der Waals surface area (Å²) in [6, 6.07) is 10.2. The summed E-state index contributed by atoms with van der Waals surface area (Å²) in [5.41, 5.74) is 13.7. The summed E-state index contributed by atoms with van der Waals surface area (Å²) in [6.45, 7) is 0. The van der Waals surface area contributed by atoms with Gasteiger partial charge in [0.05, 0.1) is 11.4 Å². The minimum atomic E-state index is -6.09. The molecule has 0 bridgehead atoms. The number of nitrogens with two attached hydrogens (primary N) is 4. The molecular weight excluding hydrogens is 590 g/mol. The van der Waals surface area contributed by atoms with Crippen molar-refractivity contribution in [1.29, 1.82) is 0 Å². The lowest BCUT2D eigenvalue weighted by Gasteiger charge is -2.38. The third kappa shape index (κ3) is 5.79. The monoisotopic (exact) mass is 614 g/mol. The van der Waals surface area contributed by atoms with Crippen molar-refractivity contribution in [2.75, 3.05) is 22.9 Å². The molecule has 0 amide bonds. The fraction of sp³-hybridized carbons (Fsp3) is 0.111. The van der Waals surface area contributed by atoms with Crippen LogP contribution in [0.2, 0.25) is 0 Å². The van der Waals surface area contributed by atoms with Crippen LogP contribution in [0.25, 0.3) is 11.1 Å². The highest BCUT2D eigenvalue weighted by Crippen LogP contribution is 2.58. The van der Waals surface area contributed by atoms with E-state index in [1.54, 1.807) is 36.4 Å². The predicted octanol–water partition coefficient (Wildman–Crippen LogP) is 5.01. The number of hydrogen-bond donors (Lipinski definition) is 10. The van der Waals surface area contributed by atoms with E-state index >= 15 is 0 Å². The van der Waals surface area contributed by atoms with Crippen LogP contribution >= 0.6 is 0 Å². The van der Waals surface area contributed by atoms with Gasteiger partial charge in [0.1, 0.15) is 45.9 Å². The van der Waals surface area contributed by atoms with Crippen LogP contribution in [0.4, 0.5) is 49.1 Å². The Morgan fingerprint density at radius 1 is 0.419 bits per heavy atom. The van der Waals surface area contributed by atoms with Crippen molar-refractivity contribution in [2.24, 2.45) is 0 Å². The topological polar surface area (TPSA) is 225 Å². The average molecular weight is 614 g/mol. The third-order valence-corrected chi connectivity index (χ3v) is 6.38. The van der Waals surface area contributed by atoms with Crippen molar-refractivity contribution in [3.8, 4) is 45.6 Å². The van der Waals surface area contributed by atoms with Gasteiger partial charge in [-0.2, -0.15) is 26.3 Å². The van der Waals surface area contributed by atoms with Crippen molar-refractivity contribution in [3.63, 3.8) is 0 Å². The van der Waals surface area contributed by atoms with Gasteiger partial charge in [-0.1, -0.05) is 12.1 Å². The molecule has 4 aromatic rings. The first-order chi connectivity index (χ1) is 19.7. The molecule has 0 saturated heterocycles. The Bertz CT molecular complexity index is 1510. The number of phenols is 6. The minimum absolute atomic E-state index is 0.0221. The molecular formula is C27H24F6N4O6. The van der Waals surface area contributed by atoms with Gasteiger partial charge in [0.2, 0.25) is 5.41 Å². The molecule has 0 heterocycles. The summed E-state index contributed by atoms with van der Waals surface area (Å²) in [5, 5.41) is 57.1. The Balaban J connectivity index is 0.000000268. The van der Waals surface area contributed by atoms with E-state index in [9.17, 15) is 57.0 Å². The summed E-state index contributed by atoms with van der Waals surface area (Å²) < 4.78 is 83.2. The maximum atomic E-state index is 13.9. The second kappa shape index (κ2) is 11.0. The molecule has 43 heavy (non-hydrogen) atoms. The lowest BCUT2D eigenvalue weighted by molar-refractivity contribution is -0.288. The smallest absolute Gasteiger partial charge is 0.411 e. The molecule has 4 rings (SSSR count). The second-order valence-corrected chi connectivity index (χ2v) is 9.15. The average Bonchev–Trinajstić information content (AvgIpc) is 2.88. The van der Waals surface area contributed by atoms with E-state index in [1.165, 1.54) is 0 Å². The van der Waals surface area contributed by atoms with Gasteiger partial charge in [0.25, 0.3) is 0 Å². The zero-order chi connectivity index (χ0) is 32.7. The summed E-state index contributed by atoms with van der Waals surface area (Å²) in [6.07, 6.45) is -12.2. The highest BCUT2D eigenvalue weighted by atomic mass is 19.4. The van der Waals surface area contributed by atoms with E-state index in [0.717, 1.165) is 11.1 Å². The van der Waals surface area contributed by atoms with E-state index < -0.39 is 63.3 Å². The number of nitrogen functional groups attached to an aromatic ring is 4. The first kappa shape index (κ1) is 32.0. The Morgan fingerprint density at radius 3 is 0.930 bits per heavy atom. The quantitative estimate of drug-likeness (QED) is 0.0843. The lowest BCUT2D eigenvalue weighted by Crippen LogP contribution is -2.54. The van der Waals surface area contributed by atoms with Crippen LogP contribution in [-0.2, 0) is 5.41 Å². The summed E-state index contributed by atoms with van der Waals surface area (Å²) >= 11 is 0. The first-order valence-electron chi connectivity index (χ1n) is 11.7. The molecule has 0 aliphatic carbocycles. The van der Waals surface area contributed by atoms with E-state index in [-0.39, 0.29) is 35.8 Å². The number of phenolic OH excluding ortho intramolecular Hbond substituents is 6. The van der Waals surface area contributed by atoms with Crippen LogP contribution in [-0.4, -0.2) is 43.0 Å². The zero-order valence-corrected chi connectivity index (χ0v) is 21.5. The molecule has 0 unspecified atom stereocenters. The molecule has 0 aromatic heterocycles. The SMILES string of the molecule is Nc1c(O)cc(C(c2cc(O)c(N)c(O)c2)(C(F)(F)F)C(F)(F)F)cc1O.Nc1ccc(-c2ccc(N)c(O)c2)cc1O. The first-order valence-corrected chi connectivity index (χ1v) is 11.7. The van der Waals surface area contributed by atoms with Crippen LogP contribution in [0, 0.1) is 0 Å². The van der Waals surface area contributed by atoms with Gasteiger partial charge in [0.15, 0.2) is 0 Å². The van der Waals surface area contributed by atoms with Crippen LogP contribution < -0.4 is 22.9 Å². The van der Waals surface area contributed by atoms with Crippen molar-refractivity contribution < 1.29 is 57.0 Å². The van der Waals surface area contributed by atoms with Crippen LogP contribution in [0.5, 0.6) is 34.5 Å². The number of hydrogen-bond acceptors (Lipinski definition) is 10. The van der Waals surface area contributed by atoms with Crippen LogP contribution in [0.3, 0.4) is 0 Å². The maximum absolute atomic E-state index is 13.9. The molecule has 10 nitrogen and oxygen atoms in total. The Hall–Kier alpha value is -5.54. The third-order valence-electron chi connectivity index (χ3n) is 6.38. The van der Waals surface area contributed by atoms with E-state index in [1.807, 2.05) is 0 Å². The van der Waals surface area contributed by atoms with Gasteiger partial charge in [-0.15, -0.1) is 0 Å². The number of anilines is 4. The largest absolute Gasteiger partial charge is 0.506 e. The van der Waals surface area contributed by atoms with E-state index in [2.05, 4.69) is 0 Å². The van der Waals surface area contributed by atoms with E-state index in [4.69, 9.17) is 22.9 Å². The number of benzene rings is 4. The Labute approximate surface area is 238 Å². The lowest BCUT2D eigenvalue weighted by atomic mass is 9.72. The predicted molar refractivity (Wildman–Crippen MR) is 145 cm³/mol. The van der Waals surface area contributed by atoms with Crippen molar-refractivity contribution in [2.45, 2.75) is 17.8 Å². The molecule has 0 aliphatic heterocycles.